The second kappa shape index (κ2) is 10.3. The smallest absolute Gasteiger partial charge is 0.243 e. The van der Waals surface area contributed by atoms with Crippen molar-refractivity contribution in [2.45, 2.75) is 44.7 Å². The number of carbonyl (C=O) groups excluding carboxylic acids is 2. The van der Waals surface area contributed by atoms with Crippen molar-refractivity contribution in [1.82, 2.24) is 14.5 Å². The number of imidazole rings is 1. The minimum Gasteiger partial charge on any atom is -0.336 e. The van der Waals surface area contributed by atoms with Crippen LogP contribution in [-0.2, 0) is 22.4 Å². The van der Waals surface area contributed by atoms with Gasteiger partial charge in [-0.05, 0) is 62.8 Å². The summed E-state index contributed by atoms with van der Waals surface area (Å²) in [5, 5.41) is 3.79. The lowest BCUT2D eigenvalue weighted by Crippen LogP contribution is -2.36. The first-order chi connectivity index (χ1) is 15.9. The zero-order valence-electron chi connectivity index (χ0n) is 19.4. The molecule has 3 aromatic rings. The van der Waals surface area contributed by atoms with E-state index in [1.807, 2.05) is 50.2 Å². The van der Waals surface area contributed by atoms with Crippen LogP contribution in [0.25, 0.3) is 5.69 Å². The highest BCUT2D eigenvalue weighted by Gasteiger charge is 2.23. The monoisotopic (exact) mass is 462 g/mol. The molecule has 1 aromatic heterocycles. The van der Waals surface area contributed by atoms with Crippen LogP contribution in [0, 0.1) is 13.8 Å². The number of nitrogens with zero attached hydrogens (tertiary/aromatic N) is 3. The van der Waals surface area contributed by atoms with Crippen LogP contribution in [0.1, 0.15) is 35.4 Å². The number of para-hydroxylation sites is 2. The summed E-state index contributed by atoms with van der Waals surface area (Å²) in [5.74, 6) is -0.0673. The third kappa shape index (κ3) is 5.30. The Bertz CT molecular complexity index is 1140. The molecule has 1 aliphatic carbocycles. The molecule has 1 aliphatic rings. The van der Waals surface area contributed by atoms with Crippen LogP contribution < -0.4 is 5.32 Å². The number of carbonyl (C=O) groups is 2. The van der Waals surface area contributed by atoms with Gasteiger partial charge < -0.3 is 10.2 Å². The number of nitrogens with one attached hydrogen (secondary N) is 1. The molecule has 2 aromatic carbocycles. The highest BCUT2D eigenvalue weighted by Crippen LogP contribution is 2.30. The first kappa shape index (κ1) is 23.1. The fraction of sp³-hybridized carbons (Fsp3) is 0.346. The van der Waals surface area contributed by atoms with E-state index >= 15 is 0 Å². The third-order valence-electron chi connectivity index (χ3n) is 5.99. The highest BCUT2D eigenvalue weighted by molar-refractivity contribution is 7.99. The van der Waals surface area contributed by atoms with Gasteiger partial charge in [-0.15, -0.1) is 0 Å². The van der Waals surface area contributed by atoms with Gasteiger partial charge >= 0.3 is 0 Å². The minimum atomic E-state index is -0.200. The number of benzene rings is 2. The number of rotatable bonds is 7. The summed E-state index contributed by atoms with van der Waals surface area (Å²) in [4.78, 5) is 31.7. The molecule has 0 aliphatic heterocycles. The maximum atomic E-state index is 12.8. The third-order valence-corrected chi connectivity index (χ3v) is 6.92. The fourth-order valence-electron chi connectivity index (χ4n) is 4.19. The average Bonchev–Trinajstić information content (AvgIpc) is 3.19. The van der Waals surface area contributed by atoms with Gasteiger partial charge in [0.15, 0.2) is 5.16 Å². The maximum absolute atomic E-state index is 12.8. The Morgan fingerprint density at radius 1 is 1.03 bits per heavy atom. The number of aryl methyl sites for hydroxylation is 3. The molecule has 0 bridgehead atoms. The number of fused-ring (bicyclic) bond motifs is 1. The Kier molecular flexibility index (Phi) is 7.18. The molecule has 0 fully saturated rings. The van der Waals surface area contributed by atoms with Crippen molar-refractivity contribution in [3.05, 3.63) is 71.0 Å². The molecule has 33 heavy (non-hydrogen) atoms. The summed E-state index contributed by atoms with van der Waals surface area (Å²) < 4.78 is 2.19. The molecule has 0 unspecified atom stereocenters. The molecular formula is C26H30N4O2S. The van der Waals surface area contributed by atoms with Gasteiger partial charge in [-0.3, -0.25) is 14.2 Å². The number of hydrogen-bond donors (Lipinski definition) is 1. The fourth-order valence-corrected chi connectivity index (χ4v) is 5.18. The summed E-state index contributed by atoms with van der Waals surface area (Å²) in [5.41, 5.74) is 6.29. The molecule has 0 saturated heterocycles. The Balaban J connectivity index is 1.41. The van der Waals surface area contributed by atoms with Crippen molar-refractivity contribution >= 4 is 29.3 Å². The largest absolute Gasteiger partial charge is 0.336 e. The van der Waals surface area contributed by atoms with Gasteiger partial charge in [0.05, 0.1) is 18.0 Å². The second-order valence-corrected chi connectivity index (χ2v) is 9.46. The van der Waals surface area contributed by atoms with Gasteiger partial charge in [0.2, 0.25) is 11.8 Å². The van der Waals surface area contributed by atoms with Gasteiger partial charge in [0, 0.05) is 24.1 Å². The second-order valence-electron chi connectivity index (χ2n) is 8.52. The Hall–Kier alpha value is -3.06. The van der Waals surface area contributed by atoms with Crippen molar-refractivity contribution < 1.29 is 9.59 Å². The predicted molar refractivity (Wildman–Crippen MR) is 133 cm³/mol. The average molecular weight is 463 g/mol. The summed E-state index contributed by atoms with van der Waals surface area (Å²) in [6.45, 7) is 3.93. The van der Waals surface area contributed by atoms with Crippen LogP contribution in [0.5, 0.6) is 0 Å². The Morgan fingerprint density at radius 2 is 1.73 bits per heavy atom. The van der Waals surface area contributed by atoms with Crippen LogP contribution in [0.3, 0.4) is 0 Å². The number of likely N-dealkylation sites (N-methyl/N-ethyl adjacent to an activating group) is 1. The van der Waals surface area contributed by atoms with Crippen LogP contribution in [-0.4, -0.2) is 45.6 Å². The molecular weight excluding hydrogens is 432 g/mol. The van der Waals surface area contributed by atoms with Crippen molar-refractivity contribution in [3.63, 3.8) is 0 Å². The zero-order chi connectivity index (χ0) is 23.4. The quantitative estimate of drug-likeness (QED) is 0.523. The van der Waals surface area contributed by atoms with Gasteiger partial charge in [0.1, 0.15) is 0 Å². The number of aromatic nitrogens is 2. The number of anilines is 1. The molecule has 0 saturated carbocycles. The van der Waals surface area contributed by atoms with E-state index in [9.17, 15) is 9.59 Å². The first-order valence-electron chi connectivity index (χ1n) is 11.3. The van der Waals surface area contributed by atoms with Crippen molar-refractivity contribution in [1.29, 1.82) is 0 Å². The highest BCUT2D eigenvalue weighted by atomic mass is 32.2. The molecule has 7 heteroatoms. The molecule has 0 radical (unpaired) electrons. The summed E-state index contributed by atoms with van der Waals surface area (Å²) in [6.07, 6.45) is 4.30. The summed E-state index contributed by atoms with van der Waals surface area (Å²) in [7, 11) is 1.67. The van der Waals surface area contributed by atoms with Crippen LogP contribution in [0.4, 0.5) is 5.69 Å². The van der Waals surface area contributed by atoms with E-state index in [0.29, 0.717) is 0 Å². The van der Waals surface area contributed by atoms with Gasteiger partial charge in [-0.1, -0.05) is 48.2 Å². The van der Waals surface area contributed by atoms with Crippen LogP contribution in [0.2, 0.25) is 0 Å². The van der Waals surface area contributed by atoms with Gasteiger partial charge in [0.25, 0.3) is 0 Å². The van der Waals surface area contributed by atoms with E-state index in [4.69, 9.17) is 4.98 Å². The summed E-state index contributed by atoms with van der Waals surface area (Å²) in [6, 6.07) is 16.1. The molecule has 0 atom stereocenters. The lowest BCUT2D eigenvalue weighted by Gasteiger charge is -2.18. The van der Waals surface area contributed by atoms with E-state index in [0.717, 1.165) is 59.0 Å². The predicted octanol–water partition coefficient (Wildman–Crippen LogP) is 4.56. The standard InChI is InChI=1S/C26H30N4O2S/c1-18-10-9-11-19(2)25(18)28-23(31)16-29(3)24(32)17-33-26-27-21-14-7-8-15-22(21)30(26)20-12-5-4-6-13-20/h4-6,9-13H,7-8,14-17H2,1-3H3,(H,28,31). The van der Waals surface area contributed by atoms with Crippen LogP contribution >= 0.6 is 11.8 Å². The van der Waals surface area contributed by atoms with Gasteiger partial charge in [-0.25, -0.2) is 4.98 Å². The molecule has 4 rings (SSSR count). The Morgan fingerprint density at radius 3 is 2.45 bits per heavy atom. The molecule has 0 spiro atoms. The van der Waals surface area contributed by atoms with E-state index in [1.54, 1.807) is 7.05 Å². The molecule has 6 nitrogen and oxygen atoms in total. The van der Waals surface area contributed by atoms with E-state index in [1.165, 1.54) is 22.4 Å². The maximum Gasteiger partial charge on any atom is 0.243 e. The number of thioether (sulfide) groups is 1. The molecule has 172 valence electrons. The normalized spacial score (nSPS) is 12.8. The minimum absolute atomic E-state index is 0.0107. The van der Waals surface area contributed by atoms with Crippen molar-refractivity contribution in [2.75, 3.05) is 24.7 Å². The van der Waals surface area contributed by atoms with Crippen molar-refractivity contribution in [2.24, 2.45) is 0 Å². The molecule has 1 heterocycles. The lowest BCUT2D eigenvalue weighted by atomic mass is 10.0. The molecule has 1 N–H and O–H groups in total. The molecule has 2 amide bonds. The summed E-state index contributed by atoms with van der Waals surface area (Å²) >= 11 is 1.44. The van der Waals surface area contributed by atoms with E-state index in [-0.39, 0.29) is 24.1 Å². The SMILES string of the molecule is Cc1cccc(C)c1NC(=O)CN(C)C(=O)CSc1nc2c(n1-c1ccccc1)CCCC2. The van der Waals surface area contributed by atoms with Gasteiger partial charge in [-0.2, -0.15) is 0 Å². The van der Waals surface area contributed by atoms with E-state index < -0.39 is 0 Å². The van der Waals surface area contributed by atoms with Crippen molar-refractivity contribution in [3.8, 4) is 5.69 Å². The Labute approximate surface area is 199 Å². The number of hydrogen-bond acceptors (Lipinski definition) is 4. The number of amides is 2. The van der Waals surface area contributed by atoms with Crippen LogP contribution in [0.15, 0.2) is 53.7 Å². The topological polar surface area (TPSA) is 67.2 Å². The van der Waals surface area contributed by atoms with E-state index in [2.05, 4.69) is 22.0 Å². The first-order valence-corrected chi connectivity index (χ1v) is 12.3. The zero-order valence-corrected chi connectivity index (χ0v) is 20.2. The lowest BCUT2D eigenvalue weighted by molar-refractivity contribution is -0.131.